The molecular formula is C12H23NO3. The molecule has 0 aromatic carbocycles. The Morgan fingerprint density at radius 1 is 1.31 bits per heavy atom. The third-order valence-electron chi connectivity index (χ3n) is 3.06. The van der Waals surface area contributed by atoms with Crippen molar-refractivity contribution in [2.45, 2.75) is 64.7 Å². The highest BCUT2D eigenvalue weighted by Crippen LogP contribution is 2.28. The van der Waals surface area contributed by atoms with Gasteiger partial charge in [-0.3, -0.25) is 0 Å². The predicted molar refractivity (Wildman–Crippen MR) is 62.2 cm³/mol. The molecule has 4 nitrogen and oxygen atoms in total. The van der Waals surface area contributed by atoms with Crippen molar-refractivity contribution in [2.24, 2.45) is 11.1 Å². The van der Waals surface area contributed by atoms with Gasteiger partial charge in [0, 0.05) is 6.04 Å². The summed E-state index contributed by atoms with van der Waals surface area (Å²) < 4.78 is 5.71. The highest BCUT2D eigenvalue weighted by atomic mass is 16.5. The molecule has 0 aromatic rings. The van der Waals surface area contributed by atoms with Gasteiger partial charge in [0.2, 0.25) is 0 Å². The van der Waals surface area contributed by atoms with Gasteiger partial charge in [-0.05, 0) is 31.1 Å². The summed E-state index contributed by atoms with van der Waals surface area (Å²) in [5.41, 5.74) is 5.43. The summed E-state index contributed by atoms with van der Waals surface area (Å²) in [4.78, 5) is 11.1. The number of rotatable bonds is 3. The minimum atomic E-state index is -0.873. The number of hydrogen-bond donors (Lipinski definition) is 2. The van der Waals surface area contributed by atoms with Crippen molar-refractivity contribution in [2.75, 3.05) is 0 Å². The smallest absolute Gasteiger partial charge is 0.333 e. The molecule has 1 rings (SSSR count). The van der Waals surface area contributed by atoms with Crippen molar-refractivity contribution in [1.29, 1.82) is 0 Å². The lowest BCUT2D eigenvalue weighted by molar-refractivity contribution is -0.165. The lowest BCUT2D eigenvalue weighted by Crippen LogP contribution is -2.41. The second-order valence-electron chi connectivity index (χ2n) is 5.76. The van der Waals surface area contributed by atoms with Crippen LogP contribution in [0.2, 0.25) is 0 Å². The first-order valence-corrected chi connectivity index (χ1v) is 5.94. The highest BCUT2D eigenvalue weighted by Gasteiger charge is 2.35. The quantitative estimate of drug-likeness (QED) is 0.773. The van der Waals surface area contributed by atoms with E-state index in [-0.39, 0.29) is 17.6 Å². The van der Waals surface area contributed by atoms with Crippen LogP contribution < -0.4 is 5.73 Å². The topological polar surface area (TPSA) is 72.5 Å². The van der Waals surface area contributed by atoms with E-state index in [1.165, 1.54) is 0 Å². The molecule has 1 aliphatic rings. The molecular weight excluding hydrogens is 206 g/mol. The summed E-state index contributed by atoms with van der Waals surface area (Å²) in [6, 6.07) is 0.262. The van der Waals surface area contributed by atoms with Crippen LogP contribution >= 0.6 is 0 Å². The van der Waals surface area contributed by atoms with Crippen LogP contribution in [-0.4, -0.2) is 29.3 Å². The first kappa shape index (κ1) is 13.5. The van der Waals surface area contributed by atoms with Crippen LogP contribution in [0.4, 0.5) is 0 Å². The van der Waals surface area contributed by atoms with Gasteiger partial charge < -0.3 is 15.6 Å². The summed E-state index contributed by atoms with van der Waals surface area (Å²) in [6.07, 6.45) is 2.94. The van der Waals surface area contributed by atoms with Gasteiger partial charge in [0.05, 0.1) is 6.10 Å². The fraction of sp³-hybridized carbons (Fsp3) is 0.917. The first-order chi connectivity index (χ1) is 7.30. The molecule has 16 heavy (non-hydrogen) atoms. The molecule has 1 fully saturated rings. The normalized spacial score (nSPS) is 28.8. The number of nitrogens with two attached hydrogens (primary N) is 1. The van der Waals surface area contributed by atoms with E-state index in [1.54, 1.807) is 0 Å². The summed E-state index contributed by atoms with van der Waals surface area (Å²) in [6.45, 7) is 5.67. The Balaban J connectivity index is 2.53. The van der Waals surface area contributed by atoms with Crippen LogP contribution in [0.3, 0.4) is 0 Å². The van der Waals surface area contributed by atoms with Crippen molar-refractivity contribution in [3.63, 3.8) is 0 Å². The van der Waals surface area contributed by atoms with E-state index in [9.17, 15) is 4.79 Å². The first-order valence-electron chi connectivity index (χ1n) is 5.94. The largest absolute Gasteiger partial charge is 0.479 e. The van der Waals surface area contributed by atoms with Gasteiger partial charge in [0.25, 0.3) is 0 Å². The second-order valence-corrected chi connectivity index (χ2v) is 5.76. The van der Waals surface area contributed by atoms with Crippen molar-refractivity contribution >= 4 is 5.97 Å². The molecule has 1 saturated carbocycles. The number of carbonyl (C=O) groups is 1. The molecule has 4 heteroatoms. The predicted octanol–water partition coefficient (Wildman–Crippen LogP) is 1.77. The Morgan fingerprint density at radius 2 is 1.81 bits per heavy atom. The zero-order chi connectivity index (χ0) is 12.3. The lowest BCUT2D eigenvalue weighted by atomic mass is 9.88. The molecule has 0 saturated heterocycles. The average molecular weight is 229 g/mol. The monoisotopic (exact) mass is 229 g/mol. The van der Waals surface area contributed by atoms with E-state index >= 15 is 0 Å². The van der Waals surface area contributed by atoms with Crippen LogP contribution in [0.1, 0.15) is 46.5 Å². The third-order valence-corrected chi connectivity index (χ3v) is 3.06. The molecule has 0 amide bonds. The number of ether oxygens (including phenoxy) is 1. The van der Waals surface area contributed by atoms with Crippen LogP contribution in [-0.2, 0) is 9.53 Å². The van der Waals surface area contributed by atoms with Crippen LogP contribution in [0.5, 0.6) is 0 Å². The molecule has 1 unspecified atom stereocenters. The van der Waals surface area contributed by atoms with Gasteiger partial charge in [-0.25, -0.2) is 4.79 Å². The molecule has 0 spiro atoms. The molecule has 0 aromatic heterocycles. The van der Waals surface area contributed by atoms with E-state index in [4.69, 9.17) is 15.6 Å². The van der Waals surface area contributed by atoms with E-state index in [0.29, 0.717) is 0 Å². The molecule has 94 valence electrons. The number of carboxylic acids is 1. The van der Waals surface area contributed by atoms with Gasteiger partial charge in [0.15, 0.2) is 6.10 Å². The molecule has 1 atom stereocenters. The highest BCUT2D eigenvalue weighted by molar-refractivity contribution is 5.73. The van der Waals surface area contributed by atoms with Gasteiger partial charge in [-0.1, -0.05) is 20.8 Å². The van der Waals surface area contributed by atoms with E-state index < -0.39 is 12.1 Å². The van der Waals surface area contributed by atoms with E-state index in [2.05, 4.69) is 0 Å². The Hall–Kier alpha value is -0.610. The maximum absolute atomic E-state index is 11.1. The fourth-order valence-corrected chi connectivity index (χ4v) is 2.05. The number of hydrogen-bond acceptors (Lipinski definition) is 3. The molecule has 0 bridgehead atoms. The zero-order valence-electron chi connectivity index (χ0n) is 10.4. The SMILES string of the molecule is CC(C)(C)C(O[C@H]1CC[C@H](N)CC1)C(=O)O. The van der Waals surface area contributed by atoms with Crippen molar-refractivity contribution in [3.8, 4) is 0 Å². The number of aliphatic carboxylic acids is 1. The Labute approximate surface area is 97.2 Å². The fourth-order valence-electron chi connectivity index (χ4n) is 2.05. The van der Waals surface area contributed by atoms with E-state index in [0.717, 1.165) is 25.7 Å². The van der Waals surface area contributed by atoms with Gasteiger partial charge in [-0.15, -0.1) is 0 Å². The lowest BCUT2D eigenvalue weighted by Gasteiger charge is -2.33. The molecule has 0 heterocycles. The second kappa shape index (κ2) is 5.15. The Morgan fingerprint density at radius 3 is 2.19 bits per heavy atom. The van der Waals surface area contributed by atoms with Crippen LogP contribution in [0, 0.1) is 5.41 Å². The van der Waals surface area contributed by atoms with Gasteiger partial charge in [-0.2, -0.15) is 0 Å². The number of carboxylic acid groups (broad SMARTS) is 1. The van der Waals surface area contributed by atoms with Gasteiger partial charge >= 0.3 is 5.97 Å². The Bertz CT molecular complexity index is 239. The summed E-state index contributed by atoms with van der Waals surface area (Å²) in [5, 5.41) is 9.14. The molecule has 0 aliphatic heterocycles. The van der Waals surface area contributed by atoms with Crippen LogP contribution in [0.15, 0.2) is 0 Å². The van der Waals surface area contributed by atoms with Crippen molar-refractivity contribution in [1.82, 2.24) is 0 Å². The summed E-state index contributed by atoms with van der Waals surface area (Å²) in [5.74, 6) is -0.873. The summed E-state index contributed by atoms with van der Waals surface area (Å²) >= 11 is 0. The molecule has 1 aliphatic carbocycles. The summed E-state index contributed by atoms with van der Waals surface area (Å²) in [7, 11) is 0. The molecule has 3 N–H and O–H groups in total. The minimum Gasteiger partial charge on any atom is -0.479 e. The average Bonchev–Trinajstić information content (AvgIpc) is 2.14. The minimum absolute atomic E-state index is 0.0557. The van der Waals surface area contributed by atoms with Gasteiger partial charge in [0.1, 0.15) is 0 Å². The van der Waals surface area contributed by atoms with Crippen LogP contribution in [0.25, 0.3) is 0 Å². The molecule has 0 radical (unpaired) electrons. The Kier molecular flexibility index (Phi) is 4.33. The standard InChI is InChI=1S/C12H23NO3/c1-12(2,3)10(11(14)15)16-9-6-4-8(13)5-7-9/h8-10H,4-7,13H2,1-3H3,(H,14,15)/t8-,9-,10?. The maximum atomic E-state index is 11.1. The zero-order valence-corrected chi connectivity index (χ0v) is 10.4. The van der Waals surface area contributed by atoms with Crippen molar-refractivity contribution < 1.29 is 14.6 Å². The van der Waals surface area contributed by atoms with E-state index in [1.807, 2.05) is 20.8 Å². The third kappa shape index (κ3) is 3.76. The van der Waals surface area contributed by atoms with Crippen molar-refractivity contribution in [3.05, 3.63) is 0 Å². The maximum Gasteiger partial charge on any atom is 0.333 e.